The lowest BCUT2D eigenvalue weighted by Crippen LogP contribution is -2.51. The van der Waals surface area contributed by atoms with Crippen molar-refractivity contribution in [3.8, 4) is 0 Å². The molecule has 3 N–H and O–H groups in total. The second-order valence-electron chi connectivity index (χ2n) is 6.22. The summed E-state index contributed by atoms with van der Waals surface area (Å²) >= 11 is 6.95. The van der Waals surface area contributed by atoms with Gasteiger partial charge in [0.15, 0.2) is 5.11 Å². The van der Waals surface area contributed by atoms with E-state index in [2.05, 4.69) is 16.1 Å². The van der Waals surface area contributed by atoms with E-state index in [9.17, 15) is 9.59 Å². The molecule has 8 heteroatoms. The minimum absolute atomic E-state index is 0.233. The molecule has 1 aliphatic rings. The number of urea groups is 1. The van der Waals surface area contributed by atoms with Gasteiger partial charge in [-0.25, -0.2) is 4.79 Å². The van der Waals surface area contributed by atoms with Crippen LogP contribution in [-0.2, 0) is 10.3 Å². The molecule has 1 heterocycles. The molecule has 146 valence electrons. The second-order valence-corrected chi connectivity index (χ2v) is 7.80. The molecule has 1 fully saturated rings. The first-order valence-electron chi connectivity index (χ1n) is 9.01. The van der Waals surface area contributed by atoms with Crippen LogP contribution in [-0.4, -0.2) is 34.4 Å². The maximum Gasteiger partial charge on any atom is 0.344 e. The molecule has 28 heavy (non-hydrogen) atoms. The van der Waals surface area contributed by atoms with Gasteiger partial charge in [0.25, 0.3) is 5.91 Å². The smallest absolute Gasteiger partial charge is 0.344 e. The van der Waals surface area contributed by atoms with Gasteiger partial charge in [0.2, 0.25) is 0 Å². The Balaban J connectivity index is 1.56. The van der Waals surface area contributed by atoms with Crippen molar-refractivity contribution >= 4 is 41.0 Å². The van der Waals surface area contributed by atoms with Crippen LogP contribution in [0.15, 0.2) is 65.6 Å². The number of carbonyl (C=O) groups excluding carboxylic acids is 2. The van der Waals surface area contributed by atoms with Crippen molar-refractivity contribution in [2.75, 3.05) is 12.3 Å². The summed E-state index contributed by atoms with van der Waals surface area (Å²) in [5, 5.41) is 7.03. The van der Waals surface area contributed by atoms with E-state index in [4.69, 9.17) is 12.2 Å². The van der Waals surface area contributed by atoms with Crippen molar-refractivity contribution < 1.29 is 9.59 Å². The number of hydrazine groups is 1. The van der Waals surface area contributed by atoms with Crippen molar-refractivity contribution in [3.05, 3.63) is 66.2 Å². The van der Waals surface area contributed by atoms with Gasteiger partial charge in [0, 0.05) is 17.2 Å². The van der Waals surface area contributed by atoms with E-state index in [1.54, 1.807) is 11.8 Å². The number of carbonyl (C=O) groups is 2. The van der Waals surface area contributed by atoms with Gasteiger partial charge >= 0.3 is 6.03 Å². The molecule has 1 aliphatic heterocycles. The Labute approximate surface area is 174 Å². The largest absolute Gasteiger partial charge is 0.360 e. The molecule has 2 aromatic rings. The minimum Gasteiger partial charge on any atom is -0.360 e. The third-order valence-electron chi connectivity index (χ3n) is 4.50. The molecule has 0 saturated carbocycles. The van der Waals surface area contributed by atoms with Crippen LogP contribution >= 0.6 is 24.0 Å². The van der Waals surface area contributed by atoms with Crippen molar-refractivity contribution in [2.45, 2.75) is 23.8 Å². The number of nitrogens with one attached hydrogen (secondary N) is 3. The van der Waals surface area contributed by atoms with Gasteiger partial charge in [-0.1, -0.05) is 55.5 Å². The highest BCUT2D eigenvalue weighted by Crippen LogP contribution is 2.31. The SMILES string of the molecule is CC[C@@]1(c2ccccc2)NC(=O)N(NC(=S)NCCSc2ccccc2)C1=O. The van der Waals surface area contributed by atoms with Gasteiger partial charge in [-0.05, 0) is 36.3 Å². The quantitative estimate of drug-likeness (QED) is 0.280. The van der Waals surface area contributed by atoms with Crippen LogP contribution in [0.5, 0.6) is 0 Å². The van der Waals surface area contributed by atoms with Crippen LogP contribution in [0.4, 0.5) is 4.79 Å². The van der Waals surface area contributed by atoms with Crippen LogP contribution in [0.3, 0.4) is 0 Å². The standard InChI is InChI=1S/C20H22N4O2S2/c1-2-20(15-9-5-3-6-10-15)17(25)24(19(26)22-20)23-18(27)21-13-14-28-16-11-7-4-8-12-16/h3-12H,2,13-14H2,1H3,(H,22,26)(H2,21,23,27)/t20-/m0/s1. The van der Waals surface area contributed by atoms with Crippen LogP contribution in [0, 0.1) is 0 Å². The maximum atomic E-state index is 13.0. The fraction of sp³-hybridized carbons (Fsp3) is 0.250. The average molecular weight is 415 g/mol. The molecule has 2 aromatic carbocycles. The zero-order chi connectivity index (χ0) is 20.0. The van der Waals surface area contributed by atoms with E-state index in [0.29, 0.717) is 13.0 Å². The Morgan fingerprint density at radius 1 is 1.11 bits per heavy atom. The van der Waals surface area contributed by atoms with Gasteiger partial charge in [-0.3, -0.25) is 10.2 Å². The van der Waals surface area contributed by atoms with Gasteiger partial charge in [-0.2, -0.15) is 5.01 Å². The summed E-state index contributed by atoms with van der Waals surface area (Å²) in [6.07, 6.45) is 0.438. The molecule has 0 bridgehead atoms. The lowest BCUT2D eigenvalue weighted by Gasteiger charge is -2.25. The molecule has 3 rings (SSSR count). The first kappa shape index (κ1) is 20.2. The number of imide groups is 1. The Morgan fingerprint density at radius 2 is 1.75 bits per heavy atom. The van der Waals surface area contributed by atoms with Gasteiger partial charge in [0.1, 0.15) is 5.54 Å². The van der Waals surface area contributed by atoms with Gasteiger partial charge in [-0.15, -0.1) is 11.8 Å². The number of hydrogen-bond acceptors (Lipinski definition) is 4. The number of thioether (sulfide) groups is 1. The molecule has 1 atom stereocenters. The highest BCUT2D eigenvalue weighted by Gasteiger charge is 2.51. The molecule has 0 radical (unpaired) electrons. The Hall–Kier alpha value is -2.58. The fourth-order valence-electron chi connectivity index (χ4n) is 3.03. The van der Waals surface area contributed by atoms with E-state index in [0.717, 1.165) is 16.3 Å². The van der Waals surface area contributed by atoms with Crippen molar-refractivity contribution in [2.24, 2.45) is 0 Å². The van der Waals surface area contributed by atoms with Crippen molar-refractivity contribution in [1.82, 2.24) is 21.1 Å². The van der Waals surface area contributed by atoms with Crippen LogP contribution < -0.4 is 16.1 Å². The Kier molecular flexibility index (Phi) is 6.53. The molecule has 0 aliphatic carbocycles. The highest BCUT2D eigenvalue weighted by molar-refractivity contribution is 7.99. The summed E-state index contributed by atoms with van der Waals surface area (Å²) < 4.78 is 0. The number of hydrogen-bond donors (Lipinski definition) is 3. The first-order valence-corrected chi connectivity index (χ1v) is 10.4. The van der Waals surface area contributed by atoms with Crippen LogP contribution in [0.1, 0.15) is 18.9 Å². The molecule has 1 saturated heterocycles. The fourth-order valence-corrected chi connectivity index (χ4v) is 4.01. The summed E-state index contributed by atoms with van der Waals surface area (Å²) in [7, 11) is 0. The number of benzene rings is 2. The topological polar surface area (TPSA) is 73.5 Å². The summed E-state index contributed by atoms with van der Waals surface area (Å²) in [6, 6.07) is 18.8. The summed E-state index contributed by atoms with van der Waals surface area (Å²) in [6.45, 7) is 2.47. The van der Waals surface area contributed by atoms with Crippen LogP contribution in [0.25, 0.3) is 0 Å². The molecule has 0 spiro atoms. The number of nitrogens with zero attached hydrogens (tertiary/aromatic N) is 1. The van der Waals surface area contributed by atoms with E-state index >= 15 is 0 Å². The Morgan fingerprint density at radius 3 is 2.39 bits per heavy atom. The summed E-state index contributed by atoms with van der Waals surface area (Å²) in [4.78, 5) is 26.6. The summed E-state index contributed by atoms with van der Waals surface area (Å²) in [5.41, 5.74) is 2.39. The molecular formula is C20H22N4O2S2. The monoisotopic (exact) mass is 414 g/mol. The van der Waals surface area contributed by atoms with E-state index < -0.39 is 11.6 Å². The normalized spacial score (nSPS) is 18.7. The number of rotatable bonds is 7. The predicted molar refractivity (Wildman–Crippen MR) is 115 cm³/mol. The maximum absolute atomic E-state index is 13.0. The third kappa shape index (κ3) is 4.28. The molecule has 6 nitrogen and oxygen atoms in total. The lowest BCUT2D eigenvalue weighted by atomic mass is 9.87. The average Bonchev–Trinajstić information content (AvgIpc) is 2.98. The minimum atomic E-state index is -1.08. The second kappa shape index (κ2) is 9.07. The zero-order valence-corrected chi connectivity index (χ0v) is 17.1. The lowest BCUT2D eigenvalue weighted by molar-refractivity contribution is -0.133. The van der Waals surface area contributed by atoms with E-state index in [-0.39, 0.29) is 11.0 Å². The molecular weight excluding hydrogens is 392 g/mol. The van der Waals surface area contributed by atoms with Gasteiger partial charge < -0.3 is 10.6 Å². The van der Waals surface area contributed by atoms with Crippen LogP contribution in [0.2, 0.25) is 0 Å². The van der Waals surface area contributed by atoms with E-state index in [1.165, 1.54) is 4.90 Å². The molecule has 3 amide bonds. The number of amides is 3. The van der Waals surface area contributed by atoms with Gasteiger partial charge in [0.05, 0.1) is 0 Å². The highest BCUT2D eigenvalue weighted by atomic mass is 32.2. The Bertz CT molecular complexity index is 848. The number of thiocarbonyl (C=S) groups is 1. The third-order valence-corrected chi connectivity index (χ3v) is 5.75. The summed E-state index contributed by atoms with van der Waals surface area (Å²) in [5.74, 6) is 0.434. The zero-order valence-electron chi connectivity index (χ0n) is 15.5. The predicted octanol–water partition coefficient (Wildman–Crippen LogP) is 3.02. The van der Waals surface area contributed by atoms with E-state index in [1.807, 2.05) is 67.6 Å². The molecule has 0 unspecified atom stereocenters. The molecule has 0 aromatic heterocycles. The van der Waals surface area contributed by atoms with Crippen molar-refractivity contribution in [1.29, 1.82) is 0 Å². The van der Waals surface area contributed by atoms with Crippen molar-refractivity contribution in [3.63, 3.8) is 0 Å². The first-order chi connectivity index (χ1) is 13.6.